The summed E-state index contributed by atoms with van der Waals surface area (Å²) in [6.07, 6.45) is 0. The summed E-state index contributed by atoms with van der Waals surface area (Å²) < 4.78 is 11.1. The van der Waals surface area contributed by atoms with E-state index < -0.39 is 5.41 Å². The molecule has 5 aromatic rings. The van der Waals surface area contributed by atoms with Crippen molar-refractivity contribution in [2.24, 2.45) is 0 Å². The fourth-order valence-corrected chi connectivity index (χ4v) is 4.87. The van der Waals surface area contributed by atoms with Gasteiger partial charge in [0, 0.05) is 5.39 Å². The number of esters is 1. The minimum absolute atomic E-state index is 0.389. The van der Waals surface area contributed by atoms with Gasteiger partial charge in [-0.2, -0.15) is 0 Å². The molecule has 0 spiro atoms. The second-order valence-corrected chi connectivity index (χ2v) is 8.08. The maximum absolute atomic E-state index is 12.4. The van der Waals surface area contributed by atoms with Crippen LogP contribution in [0.1, 0.15) is 38.4 Å². The van der Waals surface area contributed by atoms with Crippen LogP contribution in [0.2, 0.25) is 0 Å². The molecule has 1 aromatic heterocycles. The fraction of sp³-hybridized carbons (Fsp3) is 0.100. The first-order chi connectivity index (χ1) is 16.2. The number of benzene rings is 4. The lowest BCUT2D eigenvalue weighted by Gasteiger charge is -2.36. The first-order valence-corrected chi connectivity index (χ1v) is 10.9. The molecule has 0 fully saturated rings. The zero-order valence-corrected chi connectivity index (χ0v) is 18.6. The Kier molecular flexibility index (Phi) is 5.31. The van der Waals surface area contributed by atoms with E-state index in [2.05, 4.69) is 84.9 Å². The zero-order valence-electron chi connectivity index (χ0n) is 18.6. The quantitative estimate of drug-likeness (QED) is 0.224. The van der Waals surface area contributed by atoms with Gasteiger partial charge in [-0.05, 0) is 41.3 Å². The predicted molar refractivity (Wildman–Crippen MR) is 131 cm³/mol. The lowest BCUT2D eigenvalue weighted by Crippen LogP contribution is -2.30. The van der Waals surface area contributed by atoms with Gasteiger partial charge in [0.25, 0.3) is 0 Å². The molecule has 0 aliphatic rings. The summed E-state index contributed by atoms with van der Waals surface area (Å²) in [6.45, 7) is 1.80. The van der Waals surface area contributed by atoms with Crippen molar-refractivity contribution >= 4 is 16.9 Å². The van der Waals surface area contributed by atoms with Crippen molar-refractivity contribution in [3.63, 3.8) is 0 Å². The van der Waals surface area contributed by atoms with E-state index in [1.165, 1.54) is 7.11 Å². The minimum atomic E-state index is -0.565. The van der Waals surface area contributed by atoms with E-state index in [0.29, 0.717) is 16.9 Å². The van der Waals surface area contributed by atoms with E-state index in [1.54, 1.807) is 6.92 Å². The molecule has 3 heteroatoms. The second kappa shape index (κ2) is 8.44. The zero-order chi connectivity index (χ0) is 22.8. The van der Waals surface area contributed by atoms with E-state index in [1.807, 2.05) is 24.3 Å². The highest BCUT2D eigenvalue weighted by molar-refractivity contribution is 6.04. The molecular formula is C30H24O3. The van der Waals surface area contributed by atoms with Gasteiger partial charge in [0.2, 0.25) is 0 Å². The molecule has 0 unspecified atom stereocenters. The number of carbonyl (C=O) groups excluding carboxylic acids is 1. The van der Waals surface area contributed by atoms with Crippen LogP contribution in [0.4, 0.5) is 0 Å². The molecule has 0 bridgehead atoms. The number of carbonyl (C=O) groups is 1. The largest absolute Gasteiger partial charge is 0.465 e. The molecule has 0 N–H and O–H groups in total. The van der Waals surface area contributed by atoms with Crippen molar-refractivity contribution < 1.29 is 13.9 Å². The van der Waals surface area contributed by atoms with Gasteiger partial charge in [-0.15, -0.1) is 0 Å². The van der Waals surface area contributed by atoms with E-state index in [0.717, 1.165) is 27.6 Å². The lowest BCUT2D eigenvalue weighted by molar-refractivity contribution is 0.0600. The fourth-order valence-electron chi connectivity index (χ4n) is 4.87. The van der Waals surface area contributed by atoms with E-state index in [9.17, 15) is 4.79 Å². The molecule has 33 heavy (non-hydrogen) atoms. The molecule has 162 valence electrons. The van der Waals surface area contributed by atoms with Gasteiger partial charge in [0.15, 0.2) is 0 Å². The van der Waals surface area contributed by atoms with Gasteiger partial charge in [0.1, 0.15) is 16.9 Å². The highest BCUT2D eigenvalue weighted by Gasteiger charge is 2.38. The number of rotatable bonds is 5. The summed E-state index contributed by atoms with van der Waals surface area (Å²) in [5.41, 5.74) is 5.09. The van der Waals surface area contributed by atoms with Crippen LogP contribution < -0.4 is 0 Å². The molecule has 0 amide bonds. The molecular weight excluding hydrogens is 408 g/mol. The van der Waals surface area contributed by atoms with Gasteiger partial charge in [-0.1, -0.05) is 97.1 Å². The maximum Gasteiger partial charge on any atom is 0.342 e. The Morgan fingerprint density at radius 2 is 1.18 bits per heavy atom. The van der Waals surface area contributed by atoms with Crippen LogP contribution in [0.5, 0.6) is 0 Å². The van der Waals surface area contributed by atoms with Gasteiger partial charge in [-0.3, -0.25) is 0 Å². The Bertz CT molecular complexity index is 1300. The smallest absolute Gasteiger partial charge is 0.342 e. The Morgan fingerprint density at radius 3 is 1.64 bits per heavy atom. The van der Waals surface area contributed by atoms with Crippen LogP contribution in [0.3, 0.4) is 0 Å². The lowest BCUT2D eigenvalue weighted by atomic mass is 9.65. The van der Waals surface area contributed by atoms with Crippen LogP contribution in [-0.2, 0) is 10.2 Å². The Hall–Kier alpha value is -4.11. The molecule has 0 aliphatic heterocycles. The van der Waals surface area contributed by atoms with Gasteiger partial charge < -0.3 is 9.15 Å². The van der Waals surface area contributed by atoms with E-state index in [-0.39, 0.29) is 5.97 Å². The molecule has 4 aromatic carbocycles. The Morgan fingerprint density at radius 1 is 0.697 bits per heavy atom. The number of hydrogen-bond acceptors (Lipinski definition) is 3. The number of methoxy groups -OCH3 is 1. The third-order valence-electron chi connectivity index (χ3n) is 6.31. The average Bonchev–Trinajstić information content (AvgIpc) is 3.21. The number of furan rings is 1. The minimum Gasteiger partial charge on any atom is -0.465 e. The highest BCUT2D eigenvalue weighted by Crippen LogP contribution is 2.46. The molecule has 3 nitrogen and oxygen atoms in total. The highest BCUT2D eigenvalue weighted by atomic mass is 16.5. The summed E-state index contributed by atoms with van der Waals surface area (Å²) >= 11 is 0. The number of aryl methyl sites for hydroxylation is 1. The predicted octanol–water partition coefficient (Wildman–Crippen LogP) is 6.91. The Balaban J connectivity index is 1.87. The van der Waals surface area contributed by atoms with Gasteiger partial charge in [0.05, 0.1) is 12.5 Å². The first-order valence-electron chi connectivity index (χ1n) is 10.9. The normalized spacial score (nSPS) is 11.5. The topological polar surface area (TPSA) is 39.4 Å². The van der Waals surface area contributed by atoms with Crippen LogP contribution in [0.25, 0.3) is 11.0 Å². The second-order valence-electron chi connectivity index (χ2n) is 8.08. The monoisotopic (exact) mass is 432 g/mol. The van der Waals surface area contributed by atoms with Crippen LogP contribution >= 0.6 is 0 Å². The number of fused-ring (bicyclic) bond motifs is 1. The molecule has 0 saturated carbocycles. The third kappa shape index (κ3) is 3.33. The summed E-state index contributed by atoms with van der Waals surface area (Å²) in [6, 6.07) is 37.6. The molecule has 0 radical (unpaired) electrons. The van der Waals surface area contributed by atoms with Crippen LogP contribution in [0.15, 0.2) is 114 Å². The van der Waals surface area contributed by atoms with Crippen LogP contribution in [-0.4, -0.2) is 13.1 Å². The molecule has 5 rings (SSSR count). The van der Waals surface area contributed by atoms with Crippen molar-refractivity contribution in [1.29, 1.82) is 0 Å². The number of ether oxygens (including phenoxy) is 1. The van der Waals surface area contributed by atoms with Crippen molar-refractivity contribution in [1.82, 2.24) is 0 Å². The average molecular weight is 433 g/mol. The SMILES string of the molecule is COC(=O)c1c(C)oc2cc(C(c3ccccc3)(c3ccccc3)c3ccccc3)ccc12. The maximum atomic E-state index is 12.4. The molecule has 0 saturated heterocycles. The first kappa shape index (κ1) is 20.8. The van der Waals surface area contributed by atoms with Crippen molar-refractivity contribution in [2.75, 3.05) is 7.11 Å². The van der Waals surface area contributed by atoms with Gasteiger partial charge >= 0.3 is 5.97 Å². The third-order valence-corrected chi connectivity index (χ3v) is 6.31. The molecule has 1 heterocycles. The summed E-state index contributed by atoms with van der Waals surface area (Å²) in [5.74, 6) is 0.165. The van der Waals surface area contributed by atoms with Crippen molar-refractivity contribution in [2.45, 2.75) is 12.3 Å². The van der Waals surface area contributed by atoms with Gasteiger partial charge in [-0.25, -0.2) is 4.79 Å². The van der Waals surface area contributed by atoms with Crippen LogP contribution in [0, 0.1) is 6.92 Å². The summed E-state index contributed by atoms with van der Waals surface area (Å²) in [4.78, 5) is 12.4. The molecule has 0 aliphatic carbocycles. The van der Waals surface area contributed by atoms with E-state index >= 15 is 0 Å². The van der Waals surface area contributed by atoms with Crippen molar-refractivity contribution in [3.05, 3.63) is 143 Å². The number of hydrogen-bond donors (Lipinski definition) is 0. The Labute approximate surface area is 193 Å². The van der Waals surface area contributed by atoms with E-state index in [4.69, 9.17) is 9.15 Å². The van der Waals surface area contributed by atoms with Crippen molar-refractivity contribution in [3.8, 4) is 0 Å². The standard InChI is InChI=1S/C30H24O3/c1-21-28(29(31)32-2)26-19-18-25(20-27(26)33-21)30(22-12-6-3-7-13-22,23-14-8-4-9-15-23)24-16-10-5-11-17-24/h3-20H,1-2H3. The summed E-state index contributed by atoms with van der Waals surface area (Å²) in [7, 11) is 1.39. The summed E-state index contributed by atoms with van der Waals surface area (Å²) in [5, 5.41) is 0.756. The molecule has 0 atom stereocenters.